The molecule has 0 aromatic heterocycles. The molecular weight excluding hydrogens is 216 g/mol. The number of fused-ring (bicyclic) bond motifs is 1. The summed E-state index contributed by atoms with van der Waals surface area (Å²) in [7, 11) is 3.35. The zero-order valence-corrected chi connectivity index (χ0v) is 11.2. The second-order valence-corrected chi connectivity index (χ2v) is 5.10. The maximum absolute atomic E-state index is 5.82. The molecule has 0 aliphatic carbocycles. The summed E-state index contributed by atoms with van der Waals surface area (Å²) in [4.78, 5) is 0. The Balaban J connectivity index is 2.55. The molecule has 0 spiro atoms. The number of rotatable bonds is 2. The van der Waals surface area contributed by atoms with Gasteiger partial charge in [-0.25, -0.2) is 0 Å². The van der Waals surface area contributed by atoms with Gasteiger partial charge in [-0.2, -0.15) is 0 Å². The van der Waals surface area contributed by atoms with Crippen LogP contribution in [0, 0.1) is 6.92 Å². The molecule has 0 saturated heterocycles. The first-order chi connectivity index (χ1) is 7.98. The zero-order valence-electron chi connectivity index (χ0n) is 11.2. The predicted molar refractivity (Wildman–Crippen MR) is 66.9 cm³/mol. The van der Waals surface area contributed by atoms with Crippen LogP contribution in [0.15, 0.2) is 6.07 Å². The van der Waals surface area contributed by atoms with Crippen LogP contribution in [0.4, 0.5) is 0 Å². The van der Waals surface area contributed by atoms with Crippen LogP contribution in [0.1, 0.15) is 30.5 Å². The number of ether oxygens (including phenoxy) is 3. The first-order valence-electron chi connectivity index (χ1n) is 5.86. The molecule has 1 aromatic carbocycles. The number of hydrogen-bond acceptors (Lipinski definition) is 3. The zero-order chi connectivity index (χ0) is 12.6. The van der Waals surface area contributed by atoms with Crippen molar-refractivity contribution in [2.75, 3.05) is 14.2 Å². The molecule has 1 heterocycles. The highest BCUT2D eigenvalue weighted by Gasteiger charge is 2.29. The molecule has 0 unspecified atom stereocenters. The second-order valence-electron chi connectivity index (χ2n) is 5.10. The average Bonchev–Trinajstić information content (AvgIpc) is 2.29. The summed E-state index contributed by atoms with van der Waals surface area (Å²) in [6.45, 7) is 6.96. The van der Waals surface area contributed by atoms with Crippen molar-refractivity contribution < 1.29 is 14.2 Å². The normalized spacial score (nSPS) is 17.5. The van der Waals surface area contributed by atoms with Crippen molar-refractivity contribution in [3.63, 3.8) is 0 Å². The van der Waals surface area contributed by atoms with Gasteiger partial charge in [0.05, 0.1) is 26.4 Å². The molecule has 17 heavy (non-hydrogen) atoms. The molecule has 0 atom stereocenters. The summed E-state index contributed by atoms with van der Waals surface area (Å²) in [5.74, 6) is 1.62. The van der Waals surface area contributed by atoms with Gasteiger partial charge < -0.3 is 14.2 Å². The lowest BCUT2D eigenvalue weighted by molar-refractivity contribution is -0.0404. The Kier molecular flexibility index (Phi) is 3.04. The lowest BCUT2D eigenvalue weighted by Crippen LogP contribution is -2.32. The SMILES string of the molecule is COc1cc2c(c(C)c1OC)CC(C)(C)OC2. The standard InChI is InChI=1S/C14H20O3/c1-9-11-7-14(2,3)17-8-10(11)6-12(15-4)13(9)16-5/h6H,7-8H2,1-5H3. The molecule has 0 amide bonds. The van der Waals surface area contributed by atoms with Crippen molar-refractivity contribution in [1.82, 2.24) is 0 Å². The van der Waals surface area contributed by atoms with Gasteiger partial charge in [-0.3, -0.25) is 0 Å². The fourth-order valence-electron chi connectivity index (χ4n) is 2.40. The van der Waals surface area contributed by atoms with Gasteiger partial charge in [0.1, 0.15) is 0 Å². The highest BCUT2D eigenvalue weighted by molar-refractivity contribution is 5.54. The first-order valence-corrected chi connectivity index (χ1v) is 5.86. The van der Waals surface area contributed by atoms with Gasteiger partial charge in [-0.1, -0.05) is 0 Å². The first kappa shape index (κ1) is 12.2. The summed E-state index contributed by atoms with van der Waals surface area (Å²) in [5.41, 5.74) is 3.61. The Bertz CT molecular complexity index is 436. The molecule has 3 heteroatoms. The van der Waals surface area contributed by atoms with E-state index in [0.717, 1.165) is 17.9 Å². The van der Waals surface area contributed by atoms with Gasteiger partial charge in [0.25, 0.3) is 0 Å². The van der Waals surface area contributed by atoms with Crippen molar-refractivity contribution in [3.8, 4) is 11.5 Å². The summed E-state index contributed by atoms with van der Waals surface area (Å²) >= 11 is 0. The molecule has 1 aromatic rings. The van der Waals surface area contributed by atoms with Crippen molar-refractivity contribution in [3.05, 3.63) is 22.8 Å². The molecule has 94 valence electrons. The smallest absolute Gasteiger partial charge is 0.163 e. The van der Waals surface area contributed by atoms with Crippen LogP contribution in [0.3, 0.4) is 0 Å². The van der Waals surface area contributed by atoms with Crippen molar-refractivity contribution in [1.29, 1.82) is 0 Å². The Morgan fingerprint density at radius 2 is 1.94 bits per heavy atom. The molecule has 0 bridgehead atoms. The van der Waals surface area contributed by atoms with E-state index in [4.69, 9.17) is 14.2 Å². The molecule has 0 N–H and O–H groups in total. The van der Waals surface area contributed by atoms with Gasteiger partial charge in [0, 0.05) is 6.42 Å². The molecular formula is C14H20O3. The van der Waals surface area contributed by atoms with Crippen LogP contribution in [0.2, 0.25) is 0 Å². The van der Waals surface area contributed by atoms with Crippen molar-refractivity contribution in [2.24, 2.45) is 0 Å². The maximum atomic E-state index is 5.82. The van der Waals surface area contributed by atoms with Crippen LogP contribution < -0.4 is 9.47 Å². The van der Waals surface area contributed by atoms with E-state index < -0.39 is 0 Å². The van der Waals surface area contributed by atoms with E-state index in [1.54, 1.807) is 14.2 Å². The van der Waals surface area contributed by atoms with Gasteiger partial charge in [-0.05, 0) is 43.5 Å². The molecule has 1 aliphatic rings. The quantitative estimate of drug-likeness (QED) is 0.790. The van der Waals surface area contributed by atoms with Crippen LogP contribution in [0.25, 0.3) is 0 Å². The minimum Gasteiger partial charge on any atom is -0.493 e. The number of methoxy groups -OCH3 is 2. The molecule has 0 saturated carbocycles. The molecule has 2 rings (SSSR count). The molecule has 0 fully saturated rings. The van der Waals surface area contributed by atoms with Gasteiger partial charge in [0.15, 0.2) is 11.5 Å². The highest BCUT2D eigenvalue weighted by Crippen LogP contribution is 2.39. The van der Waals surface area contributed by atoms with E-state index >= 15 is 0 Å². The number of benzene rings is 1. The monoisotopic (exact) mass is 236 g/mol. The van der Waals surface area contributed by atoms with Crippen LogP contribution in [-0.2, 0) is 17.8 Å². The summed E-state index contributed by atoms with van der Waals surface area (Å²) < 4.78 is 16.6. The van der Waals surface area contributed by atoms with Crippen molar-refractivity contribution >= 4 is 0 Å². The fourth-order valence-corrected chi connectivity index (χ4v) is 2.40. The Hall–Kier alpha value is -1.22. The number of hydrogen-bond donors (Lipinski definition) is 0. The van der Waals surface area contributed by atoms with Crippen LogP contribution >= 0.6 is 0 Å². The Morgan fingerprint density at radius 1 is 1.24 bits per heavy atom. The summed E-state index contributed by atoms with van der Waals surface area (Å²) in [6, 6.07) is 2.02. The topological polar surface area (TPSA) is 27.7 Å². The lowest BCUT2D eigenvalue weighted by atomic mass is 9.88. The average molecular weight is 236 g/mol. The van der Waals surface area contributed by atoms with Crippen LogP contribution in [0.5, 0.6) is 11.5 Å². The maximum Gasteiger partial charge on any atom is 0.163 e. The van der Waals surface area contributed by atoms with Gasteiger partial charge in [0.2, 0.25) is 0 Å². The minimum absolute atomic E-state index is 0.0998. The van der Waals surface area contributed by atoms with E-state index in [9.17, 15) is 0 Å². The molecule has 1 aliphatic heterocycles. The summed E-state index contributed by atoms with van der Waals surface area (Å²) in [5, 5.41) is 0. The third-order valence-corrected chi connectivity index (χ3v) is 3.35. The lowest BCUT2D eigenvalue weighted by Gasteiger charge is -2.33. The predicted octanol–water partition coefficient (Wildman–Crippen LogP) is 2.86. The van der Waals surface area contributed by atoms with E-state index in [1.165, 1.54) is 16.7 Å². The van der Waals surface area contributed by atoms with E-state index in [0.29, 0.717) is 6.61 Å². The van der Waals surface area contributed by atoms with Gasteiger partial charge >= 0.3 is 0 Å². The molecule has 0 radical (unpaired) electrons. The largest absolute Gasteiger partial charge is 0.493 e. The third-order valence-electron chi connectivity index (χ3n) is 3.35. The Labute approximate surface area is 103 Å². The van der Waals surface area contributed by atoms with Crippen molar-refractivity contribution in [2.45, 2.75) is 39.4 Å². The van der Waals surface area contributed by atoms with E-state index in [-0.39, 0.29) is 5.60 Å². The van der Waals surface area contributed by atoms with E-state index in [2.05, 4.69) is 20.8 Å². The Morgan fingerprint density at radius 3 is 2.53 bits per heavy atom. The second kappa shape index (κ2) is 4.22. The minimum atomic E-state index is -0.0998. The summed E-state index contributed by atoms with van der Waals surface area (Å²) in [6.07, 6.45) is 0.911. The van der Waals surface area contributed by atoms with E-state index in [1.807, 2.05) is 6.07 Å². The van der Waals surface area contributed by atoms with Gasteiger partial charge in [-0.15, -0.1) is 0 Å². The highest BCUT2D eigenvalue weighted by atomic mass is 16.5. The molecule has 3 nitrogen and oxygen atoms in total. The van der Waals surface area contributed by atoms with Crippen LogP contribution in [-0.4, -0.2) is 19.8 Å². The fraction of sp³-hybridized carbons (Fsp3) is 0.571. The third kappa shape index (κ3) is 2.12.